The maximum absolute atomic E-state index is 12.1. The minimum atomic E-state index is -0.0851. The summed E-state index contributed by atoms with van der Waals surface area (Å²) in [6.45, 7) is 2.06. The summed E-state index contributed by atoms with van der Waals surface area (Å²) in [5, 5.41) is 2.85. The standard InChI is InChI=1S/C18H16N2O/c1-13-6-2-3-7-14(13)10-11-17-19-16-9-5-4-8-15(12-16)18(21)20-17/h2-11H,12H2,1H3,(H,19,20,21)/b11-10+. The van der Waals surface area contributed by atoms with E-state index >= 15 is 0 Å². The van der Waals surface area contributed by atoms with Crippen molar-refractivity contribution in [1.82, 2.24) is 5.32 Å². The summed E-state index contributed by atoms with van der Waals surface area (Å²) in [5.74, 6) is 0.492. The normalized spacial score (nSPS) is 17.6. The zero-order chi connectivity index (χ0) is 14.7. The molecule has 1 N–H and O–H groups in total. The lowest BCUT2D eigenvalue weighted by molar-refractivity contribution is -0.116. The van der Waals surface area contributed by atoms with Gasteiger partial charge < -0.3 is 5.32 Å². The van der Waals surface area contributed by atoms with Gasteiger partial charge in [0.2, 0.25) is 0 Å². The molecule has 21 heavy (non-hydrogen) atoms. The molecule has 0 spiro atoms. The molecule has 2 aliphatic rings. The highest BCUT2D eigenvalue weighted by Crippen LogP contribution is 2.19. The predicted octanol–water partition coefficient (Wildman–Crippen LogP) is 3.31. The van der Waals surface area contributed by atoms with Crippen LogP contribution in [0.5, 0.6) is 0 Å². The number of allylic oxidation sites excluding steroid dienone is 5. The number of aryl methyl sites for hydroxylation is 1. The van der Waals surface area contributed by atoms with Gasteiger partial charge in [-0.15, -0.1) is 0 Å². The fourth-order valence-corrected chi connectivity index (χ4v) is 2.28. The van der Waals surface area contributed by atoms with Crippen molar-refractivity contribution in [3.05, 3.63) is 77.0 Å². The Morgan fingerprint density at radius 2 is 1.95 bits per heavy atom. The van der Waals surface area contributed by atoms with E-state index in [1.807, 2.05) is 54.7 Å². The molecule has 0 atom stereocenters. The van der Waals surface area contributed by atoms with E-state index in [0.29, 0.717) is 12.3 Å². The van der Waals surface area contributed by atoms with Crippen LogP contribution in [0.1, 0.15) is 17.5 Å². The molecule has 1 aromatic carbocycles. The Labute approximate surface area is 124 Å². The topological polar surface area (TPSA) is 41.5 Å². The van der Waals surface area contributed by atoms with Gasteiger partial charge in [0.15, 0.2) is 0 Å². The molecule has 0 radical (unpaired) electrons. The van der Waals surface area contributed by atoms with E-state index in [2.05, 4.69) is 23.3 Å². The van der Waals surface area contributed by atoms with Crippen LogP contribution in [0.15, 0.2) is 70.9 Å². The van der Waals surface area contributed by atoms with Crippen molar-refractivity contribution in [3.63, 3.8) is 0 Å². The van der Waals surface area contributed by atoms with Crippen molar-refractivity contribution in [1.29, 1.82) is 0 Å². The summed E-state index contributed by atoms with van der Waals surface area (Å²) in [4.78, 5) is 16.6. The Morgan fingerprint density at radius 1 is 1.14 bits per heavy atom. The number of nitrogens with zero attached hydrogens (tertiary/aromatic N) is 1. The summed E-state index contributed by atoms with van der Waals surface area (Å²) >= 11 is 0. The maximum Gasteiger partial charge on any atom is 0.253 e. The second-order valence-corrected chi connectivity index (χ2v) is 5.05. The quantitative estimate of drug-likeness (QED) is 0.884. The Morgan fingerprint density at radius 3 is 2.81 bits per heavy atom. The molecule has 104 valence electrons. The van der Waals surface area contributed by atoms with Gasteiger partial charge >= 0.3 is 0 Å². The van der Waals surface area contributed by atoms with Gasteiger partial charge in [-0.05, 0) is 30.2 Å². The number of nitrogens with one attached hydrogen (secondary N) is 1. The van der Waals surface area contributed by atoms with Crippen LogP contribution in [-0.2, 0) is 4.79 Å². The molecule has 0 saturated carbocycles. The number of hydrogen-bond acceptors (Lipinski definition) is 2. The highest BCUT2D eigenvalue weighted by Gasteiger charge is 2.17. The van der Waals surface area contributed by atoms with E-state index in [1.165, 1.54) is 5.56 Å². The largest absolute Gasteiger partial charge is 0.307 e. The SMILES string of the molecule is Cc1ccccc1/C=C/C1=NC2=CC=CC=C(C2)C(=O)N1. The van der Waals surface area contributed by atoms with E-state index in [4.69, 9.17) is 0 Å². The lowest BCUT2D eigenvalue weighted by atomic mass is 10.1. The fourth-order valence-electron chi connectivity index (χ4n) is 2.28. The summed E-state index contributed by atoms with van der Waals surface area (Å²) in [7, 11) is 0. The first kappa shape index (κ1) is 13.3. The van der Waals surface area contributed by atoms with Gasteiger partial charge in [-0.25, -0.2) is 4.99 Å². The number of amidine groups is 1. The number of benzene rings is 1. The lowest BCUT2D eigenvalue weighted by Crippen LogP contribution is -2.28. The number of hydrogen-bond donors (Lipinski definition) is 1. The van der Waals surface area contributed by atoms with Gasteiger partial charge in [-0.1, -0.05) is 48.6 Å². The summed E-state index contributed by atoms with van der Waals surface area (Å²) in [6, 6.07) is 8.10. The molecule has 3 rings (SSSR count). The molecular weight excluding hydrogens is 260 g/mol. The molecule has 1 heterocycles. The number of carbonyl (C=O) groups excluding carboxylic acids is 1. The molecule has 0 fully saturated rings. The van der Waals surface area contributed by atoms with Crippen molar-refractivity contribution in [2.75, 3.05) is 0 Å². The number of fused-ring (bicyclic) bond motifs is 2. The smallest absolute Gasteiger partial charge is 0.253 e. The monoisotopic (exact) mass is 276 g/mol. The zero-order valence-corrected chi connectivity index (χ0v) is 11.8. The van der Waals surface area contributed by atoms with Crippen molar-refractivity contribution >= 4 is 17.8 Å². The number of aliphatic imine (C=N–C) groups is 1. The summed E-state index contributed by atoms with van der Waals surface area (Å²) < 4.78 is 0. The molecule has 1 aliphatic heterocycles. The highest BCUT2D eigenvalue weighted by atomic mass is 16.1. The predicted molar refractivity (Wildman–Crippen MR) is 85.7 cm³/mol. The van der Waals surface area contributed by atoms with Crippen LogP contribution in [-0.4, -0.2) is 11.7 Å². The van der Waals surface area contributed by atoms with Crippen LogP contribution < -0.4 is 5.32 Å². The minimum absolute atomic E-state index is 0.0851. The van der Waals surface area contributed by atoms with E-state index < -0.39 is 0 Å². The van der Waals surface area contributed by atoms with Crippen LogP contribution in [0.2, 0.25) is 0 Å². The van der Waals surface area contributed by atoms with E-state index in [9.17, 15) is 4.79 Å². The minimum Gasteiger partial charge on any atom is -0.307 e. The van der Waals surface area contributed by atoms with Gasteiger partial charge in [0.25, 0.3) is 5.91 Å². The van der Waals surface area contributed by atoms with Gasteiger partial charge in [0, 0.05) is 17.7 Å². The second-order valence-electron chi connectivity index (χ2n) is 5.05. The number of carbonyl (C=O) groups is 1. The first-order chi connectivity index (χ1) is 10.2. The Balaban J connectivity index is 1.90. The Kier molecular flexibility index (Phi) is 3.65. The summed E-state index contributed by atoms with van der Waals surface area (Å²) in [6.07, 6.45) is 11.9. The van der Waals surface area contributed by atoms with Crippen LogP contribution in [0.25, 0.3) is 6.08 Å². The molecule has 1 amide bonds. The van der Waals surface area contributed by atoms with Gasteiger partial charge in [-0.2, -0.15) is 0 Å². The molecular formula is C18H16N2O. The average Bonchev–Trinajstić information content (AvgIpc) is 2.79. The lowest BCUT2D eigenvalue weighted by Gasteiger charge is -2.03. The first-order valence-electron chi connectivity index (χ1n) is 6.92. The van der Waals surface area contributed by atoms with Crippen molar-refractivity contribution in [2.45, 2.75) is 13.3 Å². The maximum atomic E-state index is 12.1. The molecule has 0 aromatic heterocycles. The number of amides is 1. The number of rotatable bonds is 2. The molecule has 0 unspecified atom stereocenters. The summed E-state index contributed by atoms with van der Waals surface area (Å²) in [5.41, 5.74) is 3.93. The molecule has 1 aromatic rings. The Bertz CT molecular complexity index is 733. The van der Waals surface area contributed by atoms with E-state index in [-0.39, 0.29) is 5.91 Å². The average molecular weight is 276 g/mol. The Hall–Kier alpha value is -2.68. The van der Waals surface area contributed by atoms with Gasteiger partial charge in [0.05, 0.1) is 0 Å². The van der Waals surface area contributed by atoms with E-state index in [1.54, 1.807) is 0 Å². The molecule has 1 aliphatic carbocycles. The highest BCUT2D eigenvalue weighted by molar-refractivity contribution is 6.12. The van der Waals surface area contributed by atoms with Crippen molar-refractivity contribution in [2.24, 2.45) is 4.99 Å². The van der Waals surface area contributed by atoms with Crippen LogP contribution in [0.3, 0.4) is 0 Å². The third kappa shape index (κ3) is 3.08. The molecule has 3 heteroatoms. The van der Waals surface area contributed by atoms with Crippen LogP contribution in [0.4, 0.5) is 0 Å². The third-order valence-electron chi connectivity index (χ3n) is 3.48. The first-order valence-corrected chi connectivity index (χ1v) is 6.92. The second kappa shape index (κ2) is 5.75. The van der Waals surface area contributed by atoms with E-state index in [0.717, 1.165) is 16.8 Å². The van der Waals surface area contributed by atoms with Crippen molar-refractivity contribution < 1.29 is 4.79 Å². The van der Waals surface area contributed by atoms with Crippen LogP contribution in [0, 0.1) is 6.92 Å². The van der Waals surface area contributed by atoms with Gasteiger partial charge in [0.1, 0.15) is 5.84 Å². The fraction of sp³-hybridized carbons (Fsp3) is 0.111. The van der Waals surface area contributed by atoms with Crippen LogP contribution >= 0.6 is 0 Å². The third-order valence-corrected chi connectivity index (χ3v) is 3.48. The van der Waals surface area contributed by atoms with Crippen molar-refractivity contribution in [3.8, 4) is 0 Å². The zero-order valence-electron chi connectivity index (χ0n) is 11.8. The molecule has 0 saturated heterocycles. The molecule has 3 nitrogen and oxygen atoms in total. The van der Waals surface area contributed by atoms with Gasteiger partial charge in [-0.3, -0.25) is 4.79 Å². The molecule has 2 bridgehead atoms.